The minimum absolute atomic E-state index is 0.0287. The minimum Gasteiger partial charge on any atom is -0.339 e. The van der Waals surface area contributed by atoms with E-state index >= 15 is 0 Å². The van der Waals surface area contributed by atoms with Gasteiger partial charge < -0.3 is 10.2 Å². The van der Waals surface area contributed by atoms with Crippen molar-refractivity contribution in [2.75, 3.05) is 18.4 Å². The van der Waals surface area contributed by atoms with E-state index in [1.165, 1.54) is 24.5 Å². The largest absolute Gasteiger partial charge is 0.418 e. The van der Waals surface area contributed by atoms with E-state index in [-0.39, 0.29) is 28.1 Å². The molecule has 1 aromatic heterocycles. The highest BCUT2D eigenvalue weighted by molar-refractivity contribution is 6.30. The summed E-state index contributed by atoms with van der Waals surface area (Å²) in [4.78, 5) is 21.6. The molecule has 0 unspecified atom stereocenters. The highest BCUT2D eigenvalue weighted by Crippen LogP contribution is 2.37. The van der Waals surface area contributed by atoms with Crippen LogP contribution in [0.25, 0.3) is 0 Å². The van der Waals surface area contributed by atoms with Gasteiger partial charge in [0.2, 0.25) is 5.95 Å². The molecule has 0 saturated heterocycles. The molecule has 2 rings (SSSR count). The molecule has 134 valence electrons. The number of nitrogens with one attached hydrogen (secondary N) is 1. The maximum atomic E-state index is 13.1. The van der Waals surface area contributed by atoms with E-state index < -0.39 is 11.7 Å². The summed E-state index contributed by atoms with van der Waals surface area (Å²) in [5, 5.41) is 2.48. The fraction of sp³-hybridized carbons (Fsp3) is 0.312. The van der Waals surface area contributed by atoms with Crippen LogP contribution in [0.5, 0.6) is 0 Å². The van der Waals surface area contributed by atoms with Crippen molar-refractivity contribution < 1.29 is 18.0 Å². The molecule has 1 amide bonds. The van der Waals surface area contributed by atoms with E-state index in [9.17, 15) is 18.0 Å². The summed E-state index contributed by atoms with van der Waals surface area (Å²) in [6.07, 6.45) is -2.02. The molecule has 1 aromatic carbocycles. The van der Waals surface area contributed by atoms with Crippen LogP contribution in [0.15, 0.2) is 30.6 Å². The molecule has 0 fully saturated rings. The molecule has 1 heterocycles. The first-order valence-corrected chi connectivity index (χ1v) is 7.89. The van der Waals surface area contributed by atoms with Crippen molar-refractivity contribution in [3.63, 3.8) is 0 Å². The van der Waals surface area contributed by atoms with E-state index in [0.717, 1.165) is 6.07 Å². The highest BCUT2D eigenvalue weighted by Gasteiger charge is 2.34. The van der Waals surface area contributed by atoms with Crippen LogP contribution >= 0.6 is 11.6 Å². The van der Waals surface area contributed by atoms with Crippen LogP contribution in [-0.4, -0.2) is 33.9 Å². The smallest absolute Gasteiger partial charge is 0.339 e. The van der Waals surface area contributed by atoms with Crippen molar-refractivity contribution >= 4 is 29.1 Å². The van der Waals surface area contributed by atoms with Gasteiger partial charge in [0.25, 0.3) is 5.91 Å². The number of rotatable bonds is 5. The zero-order valence-corrected chi connectivity index (χ0v) is 14.3. The van der Waals surface area contributed by atoms with Crippen LogP contribution in [0, 0.1) is 0 Å². The van der Waals surface area contributed by atoms with Gasteiger partial charge in [0.05, 0.1) is 16.8 Å². The molecule has 2 aromatic rings. The highest BCUT2D eigenvalue weighted by atomic mass is 35.5. The fourth-order valence-corrected chi connectivity index (χ4v) is 2.35. The van der Waals surface area contributed by atoms with Crippen LogP contribution in [-0.2, 0) is 6.18 Å². The Kier molecular flexibility index (Phi) is 5.84. The summed E-state index contributed by atoms with van der Waals surface area (Å²) in [7, 11) is 0. The van der Waals surface area contributed by atoms with Gasteiger partial charge in [0.15, 0.2) is 0 Å². The van der Waals surface area contributed by atoms with Gasteiger partial charge in [-0.05, 0) is 32.0 Å². The Morgan fingerprint density at radius 1 is 1.20 bits per heavy atom. The average Bonchev–Trinajstić information content (AvgIpc) is 2.57. The number of carbonyl (C=O) groups excluding carboxylic acids is 1. The molecule has 0 aliphatic carbocycles. The van der Waals surface area contributed by atoms with Gasteiger partial charge in [0.1, 0.15) is 0 Å². The third kappa shape index (κ3) is 4.60. The first-order chi connectivity index (χ1) is 11.8. The first kappa shape index (κ1) is 19.0. The van der Waals surface area contributed by atoms with Crippen LogP contribution in [0.4, 0.5) is 24.8 Å². The number of anilines is 2. The van der Waals surface area contributed by atoms with E-state index in [4.69, 9.17) is 11.6 Å². The summed E-state index contributed by atoms with van der Waals surface area (Å²) >= 11 is 5.64. The third-order valence-corrected chi connectivity index (χ3v) is 3.72. The first-order valence-electron chi connectivity index (χ1n) is 7.51. The number of carbonyl (C=O) groups is 1. The van der Waals surface area contributed by atoms with Gasteiger partial charge in [-0.1, -0.05) is 11.6 Å². The molecule has 9 heteroatoms. The molecular weight excluding hydrogens is 357 g/mol. The summed E-state index contributed by atoms with van der Waals surface area (Å²) in [6, 6.07) is 3.35. The Morgan fingerprint density at radius 3 is 2.32 bits per heavy atom. The van der Waals surface area contributed by atoms with Crippen molar-refractivity contribution in [3.05, 3.63) is 46.7 Å². The Hall–Kier alpha value is -2.35. The normalized spacial score (nSPS) is 11.3. The Labute approximate surface area is 147 Å². The number of aromatic nitrogens is 2. The molecule has 0 radical (unpaired) electrons. The molecule has 0 atom stereocenters. The van der Waals surface area contributed by atoms with Crippen LogP contribution in [0.2, 0.25) is 5.02 Å². The molecule has 25 heavy (non-hydrogen) atoms. The lowest BCUT2D eigenvalue weighted by Crippen LogP contribution is -2.30. The molecule has 5 nitrogen and oxygen atoms in total. The predicted octanol–water partition coefficient (Wildman–Crippen LogP) is 4.37. The fourth-order valence-electron chi connectivity index (χ4n) is 2.18. The SMILES string of the molecule is CCN(CC)C(=O)c1cnc(Nc2ccc(Cl)cc2C(F)(F)F)nc1. The van der Waals surface area contributed by atoms with Gasteiger partial charge in [0, 0.05) is 30.5 Å². The Balaban J connectivity index is 2.24. The molecule has 0 aliphatic rings. The van der Waals surface area contributed by atoms with Gasteiger partial charge in [-0.2, -0.15) is 13.2 Å². The Bertz CT molecular complexity index is 746. The zero-order valence-electron chi connectivity index (χ0n) is 13.6. The van der Waals surface area contributed by atoms with E-state index in [1.54, 1.807) is 4.90 Å². The lowest BCUT2D eigenvalue weighted by Gasteiger charge is -2.18. The van der Waals surface area contributed by atoms with Crippen molar-refractivity contribution in [1.82, 2.24) is 14.9 Å². The topological polar surface area (TPSA) is 58.1 Å². The van der Waals surface area contributed by atoms with Gasteiger partial charge in [-0.25, -0.2) is 9.97 Å². The number of halogens is 4. The second kappa shape index (κ2) is 7.69. The summed E-state index contributed by atoms with van der Waals surface area (Å²) in [5.41, 5.74) is -0.881. The average molecular weight is 373 g/mol. The molecule has 1 N–H and O–H groups in total. The lowest BCUT2D eigenvalue weighted by molar-refractivity contribution is -0.136. The zero-order chi connectivity index (χ0) is 18.6. The summed E-state index contributed by atoms with van der Waals surface area (Å²) < 4.78 is 39.2. The number of benzene rings is 1. The minimum atomic E-state index is -4.58. The third-order valence-electron chi connectivity index (χ3n) is 3.48. The molecule has 0 aliphatic heterocycles. The summed E-state index contributed by atoms with van der Waals surface area (Å²) in [5.74, 6) is -0.289. The summed E-state index contributed by atoms with van der Waals surface area (Å²) in [6.45, 7) is 4.76. The second-order valence-corrected chi connectivity index (χ2v) is 5.52. The molecule has 0 saturated carbocycles. The van der Waals surface area contributed by atoms with E-state index in [2.05, 4.69) is 15.3 Å². The standard InChI is InChI=1S/C16H16ClF3N4O/c1-3-24(4-2)14(25)10-8-21-15(22-9-10)23-13-6-5-11(17)7-12(13)16(18,19)20/h5-9H,3-4H2,1-2H3,(H,21,22,23). The molecule has 0 bridgehead atoms. The van der Waals surface area contributed by atoms with Crippen molar-refractivity contribution in [2.45, 2.75) is 20.0 Å². The van der Waals surface area contributed by atoms with Gasteiger partial charge in [-0.3, -0.25) is 4.79 Å². The van der Waals surface area contributed by atoms with Crippen LogP contribution in [0.1, 0.15) is 29.8 Å². The van der Waals surface area contributed by atoms with Crippen molar-refractivity contribution in [1.29, 1.82) is 0 Å². The number of hydrogen-bond donors (Lipinski definition) is 1. The number of hydrogen-bond acceptors (Lipinski definition) is 4. The molecule has 0 spiro atoms. The maximum absolute atomic E-state index is 13.1. The number of alkyl halides is 3. The van der Waals surface area contributed by atoms with Crippen molar-refractivity contribution in [2.24, 2.45) is 0 Å². The van der Waals surface area contributed by atoms with E-state index in [1.807, 2.05) is 13.8 Å². The van der Waals surface area contributed by atoms with Crippen molar-refractivity contribution in [3.8, 4) is 0 Å². The number of amides is 1. The maximum Gasteiger partial charge on any atom is 0.418 e. The van der Waals surface area contributed by atoms with Crippen LogP contribution < -0.4 is 5.32 Å². The second-order valence-electron chi connectivity index (χ2n) is 5.09. The van der Waals surface area contributed by atoms with Crippen LogP contribution in [0.3, 0.4) is 0 Å². The lowest BCUT2D eigenvalue weighted by atomic mass is 10.1. The predicted molar refractivity (Wildman–Crippen MR) is 89.0 cm³/mol. The van der Waals surface area contributed by atoms with Gasteiger partial charge >= 0.3 is 6.18 Å². The van der Waals surface area contributed by atoms with Gasteiger partial charge in [-0.15, -0.1) is 0 Å². The number of nitrogens with zero attached hydrogens (tertiary/aromatic N) is 3. The molecular formula is C16H16ClF3N4O. The van der Waals surface area contributed by atoms with E-state index in [0.29, 0.717) is 13.1 Å². The quantitative estimate of drug-likeness (QED) is 0.846. The Morgan fingerprint density at radius 2 is 1.80 bits per heavy atom. The monoisotopic (exact) mass is 372 g/mol.